The fourth-order valence-corrected chi connectivity index (χ4v) is 2.48. The zero-order valence-electron chi connectivity index (χ0n) is 12.7. The second-order valence-corrected chi connectivity index (χ2v) is 6.32. The average molecular weight is 284 g/mol. The molecule has 1 aliphatic heterocycles. The van der Waals surface area contributed by atoms with Gasteiger partial charge in [-0.25, -0.2) is 0 Å². The number of rotatable bonds is 2. The van der Waals surface area contributed by atoms with Gasteiger partial charge in [0.2, 0.25) is 11.8 Å². The maximum Gasteiger partial charge on any atom is 0.316 e. The molecule has 2 amide bonds. The predicted molar refractivity (Wildman–Crippen MR) is 74.0 cm³/mol. The summed E-state index contributed by atoms with van der Waals surface area (Å²) in [6.07, 6.45) is 0.682. The number of amides is 2. The van der Waals surface area contributed by atoms with Crippen molar-refractivity contribution in [3.05, 3.63) is 0 Å². The van der Waals surface area contributed by atoms with Crippen LogP contribution in [0.2, 0.25) is 0 Å². The summed E-state index contributed by atoms with van der Waals surface area (Å²) >= 11 is 0. The summed E-state index contributed by atoms with van der Waals surface area (Å²) in [7, 11) is 0. The lowest BCUT2D eigenvalue weighted by atomic mass is 9.80. The Morgan fingerprint density at radius 2 is 1.50 bits per heavy atom. The number of hydrogen-bond acceptors (Lipinski definition) is 3. The fourth-order valence-electron chi connectivity index (χ4n) is 2.48. The number of aliphatic carboxylic acids is 1. The van der Waals surface area contributed by atoms with Crippen molar-refractivity contribution in [2.45, 2.75) is 34.1 Å². The van der Waals surface area contributed by atoms with Crippen molar-refractivity contribution in [3.63, 3.8) is 0 Å². The minimum atomic E-state index is -1.09. The summed E-state index contributed by atoms with van der Waals surface area (Å²) in [5.41, 5.74) is -0.629. The first-order valence-corrected chi connectivity index (χ1v) is 6.91. The van der Waals surface area contributed by atoms with Gasteiger partial charge >= 0.3 is 5.97 Å². The normalized spacial score (nSPS) is 18.4. The maximum absolute atomic E-state index is 12.5. The van der Waals surface area contributed by atoms with Crippen LogP contribution >= 0.6 is 0 Å². The number of carboxylic acids is 1. The monoisotopic (exact) mass is 284 g/mol. The lowest BCUT2D eigenvalue weighted by Crippen LogP contribution is -2.46. The third kappa shape index (κ3) is 3.95. The van der Waals surface area contributed by atoms with E-state index >= 15 is 0 Å². The highest BCUT2D eigenvalue weighted by Crippen LogP contribution is 2.28. The molecule has 0 spiro atoms. The molecule has 6 heteroatoms. The van der Waals surface area contributed by atoms with Gasteiger partial charge in [0.15, 0.2) is 0 Å². The quantitative estimate of drug-likeness (QED) is 0.761. The molecule has 0 radical (unpaired) electrons. The summed E-state index contributed by atoms with van der Waals surface area (Å²) in [5.74, 6) is -2.50. The van der Waals surface area contributed by atoms with E-state index in [-0.39, 0.29) is 11.8 Å². The van der Waals surface area contributed by atoms with E-state index in [0.717, 1.165) is 0 Å². The molecular formula is C14H24N2O4. The molecule has 1 heterocycles. The second-order valence-electron chi connectivity index (χ2n) is 6.32. The molecule has 1 rings (SSSR count). The summed E-state index contributed by atoms with van der Waals surface area (Å²) in [4.78, 5) is 38.5. The topological polar surface area (TPSA) is 77.9 Å². The molecule has 1 unspecified atom stereocenters. The van der Waals surface area contributed by atoms with Crippen molar-refractivity contribution in [1.29, 1.82) is 0 Å². The van der Waals surface area contributed by atoms with E-state index in [4.69, 9.17) is 0 Å². The summed E-state index contributed by atoms with van der Waals surface area (Å²) in [6.45, 7) is 8.76. The van der Waals surface area contributed by atoms with E-state index in [1.807, 2.05) is 0 Å². The summed E-state index contributed by atoms with van der Waals surface area (Å²) in [5, 5.41) is 9.31. The smallest absolute Gasteiger partial charge is 0.316 e. The first-order chi connectivity index (χ1) is 9.14. The van der Waals surface area contributed by atoms with Crippen LogP contribution in [0.25, 0.3) is 0 Å². The Kier molecular flexibility index (Phi) is 5.14. The van der Waals surface area contributed by atoms with Crippen molar-refractivity contribution in [3.8, 4) is 0 Å². The number of carbonyl (C=O) groups is 3. The molecule has 0 aromatic heterocycles. The number of hydrogen-bond donors (Lipinski definition) is 1. The van der Waals surface area contributed by atoms with Crippen LogP contribution in [0.15, 0.2) is 0 Å². The van der Waals surface area contributed by atoms with Crippen LogP contribution in [-0.4, -0.2) is 58.9 Å². The van der Waals surface area contributed by atoms with Crippen LogP contribution in [0.5, 0.6) is 0 Å². The maximum atomic E-state index is 12.5. The van der Waals surface area contributed by atoms with Crippen molar-refractivity contribution < 1.29 is 19.5 Å². The molecule has 1 saturated heterocycles. The first-order valence-electron chi connectivity index (χ1n) is 6.91. The molecule has 0 aliphatic carbocycles. The Morgan fingerprint density at radius 1 is 1.00 bits per heavy atom. The first kappa shape index (κ1) is 16.5. The van der Waals surface area contributed by atoms with E-state index < -0.39 is 17.3 Å². The molecule has 1 fully saturated rings. The predicted octanol–water partition coefficient (Wildman–Crippen LogP) is 0.814. The lowest BCUT2D eigenvalue weighted by Gasteiger charge is -2.31. The van der Waals surface area contributed by atoms with Gasteiger partial charge in [0.25, 0.3) is 0 Å². The van der Waals surface area contributed by atoms with Gasteiger partial charge in [-0.1, -0.05) is 20.8 Å². The van der Waals surface area contributed by atoms with E-state index in [9.17, 15) is 19.5 Å². The highest BCUT2D eigenvalue weighted by atomic mass is 16.4. The fraction of sp³-hybridized carbons (Fsp3) is 0.786. The Hall–Kier alpha value is -1.59. The van der Waals surface area contributed by atoms with Crippen LogP contribution < -0.4 is 0 Å². The summed E-state index contributed by atoms with van der Waals surface area (Å²) in [6, 6.07) is 0. The standard InChI is InChI=1S/C14H24N2O4/c1-10(17)15-6-5-7-16(9-8-15)12(18)11(13(19)20)14(2,3)4/h11H,5-9H2,1-4H3,(H,19,20). The SMILES string of the molecule is CC(=O)N1CCCN(C(=O)C(C(=O)O)C(C)(C)C)CC1. The molecule has 0 aromatic carbocycles. The highest BCUT2D eigenvalue weighted by Gasteiger charge is 2.40. The molecule has 0 bridgehead atoms. The molecule has 114 valence electrons. The molecular weight excluding hydrogens is 260 g/mol. The van der Waals surface area contributed by atoms with Gasteiger partial charge in [-0.05, 0) is 11.8 Å². The number of carboxylic acid groups (broad SMARTS) is 1. The molecule has 0 saturated carbocycles. The van der Waals surface area contributed by atoms with Gasteiger partial charge in [0.1, 0.15) is 5.92 Å². The Bertz CT molecular complexity index is 400. The van der Waals surface area contributed by atoms with E-state index in [0.29, 0.717) is 32.6 Å². The molecule has 1 aliphatic rings. The second kappa shape index (κ2) is 6.24. The summed E-state index contributed by atoms with van der Waals surface area (Å²) < 4.78 is 0. The minimum absolute atomic E-state index is 0.00935. The van der Waals surface area contributed by atoms with Crippen molar-refractivity contribution in [2.75, 3.05) is 26.2 Å². The average Bonchev–Trinajstić information content (AvgIpc) is 2.51. The van der Waals surface area contributed by atoms with Gasteiger partial charge in [-0.3, -0.25) is 14.4 Å². The van der Waals surface area contributed by atoms with Gasteiger partial charge < -0.3 is 14.9 Å². The van der Waals surface area contributed by atoms with Crippen LogP contribution in [0.4, 0.5) is 0 Å². The minimum Gasteiger partial charge on any atom is -0.481 e. The van der Waals surface area contributed by atoms with Crippen LogP contribution in [-0.2, 0) is 14.4 Å². The zero-order valence-corrected chi connectivity index (χ0v) is 12.7. The Balaban J connectivity index is 2.81. The molecule has 1 N–H and O–H groups in total. The molecule has 20 heavy (non-hydrogen) atoms. The van der Waals surface area contributed by atoms with E-state index in [1.54, 1.807) is 30.6 Å². The molecule has 1 atom stereocenters. The van der Waals surface area contributed by atoms with E-state index in [2.05, 4.69) is 0 Å². The molecule has 0 aromatic rings. The Morgan fingerprint density at radius 3 is 1.95 bits per heavy atom. The third-order valence-electron chi connectivity index (χ3n) is 3.61. The van der Waals surface area contributed by atoms with Crippen LogP contribution in [0.1, 0.15) is 34.1 Å². The zero-order chi connectivity index (χ0) is 15.5. The lowest BCUT2D eigenvalue weighted by molar-refractivity contribution is -0.156. The van der Waals surface area contributed by atoms with Crippen molar-refractivity contribution >= 4 is 17.8 Å². The number of nitrogens with zero attached hydrogens (tertiary/aromatic N) is 2. The van der Waals surface area contributed by atoms with Crippen molar-refractivity contribution in [1.82, 2.24) is 9.80 Å². The van der Waals surface area contributed by atoms with Gasteiger partial charge in [0, 0.05) is 33.1 Å². The van der Waals surface area contributed by atoms with Crippen LogP contribution in [0.3, 0.4) is 0 Å². The van der Waals surface area contributed by atoms with Gasteiger partial charge in [-0.15, -0.1) is 0 Å². The van der Waals surface area contributed by atoms with Gasteiger partial charge in [-0.2, -0.15) is 0 Å². The van der Waals surface area contributed by atoms with E-state index in [1.165, 1.54) is 6.92 Å². The number of carbonyl (C=O) groups excluding carboxylic acids is 2. The van der Waals surface area contributed by atoms with Gasteiger partial charge in [0.05, 0.1) is 0 Å². The Labute approximate surface area is 119 Å². The molecule has 6 nitrogen and oxygen atoms in total. The third-order valence-corrected chi connectivity index (χ3v) is 3.61. The largest absolute Gasteiger partial charge is 0.481 e. The van der Waals surface area contributed by atoms with Crippen molar-refractivity contribution in [2.24, 2.45) is 11.3 Å². The highest BCUT2D eigenvalue weighted by molar-refractivity contribution is 5.97. The van der Waals surface area contributed by atoms with Crippen LogP contribution in [0, 0.1) is 11.3 Å².